The third kappa shape index (κ3) is 3.46. The van der Waals surface area contributed by atoms with Gasteiger partial charge in [-0.1, -0.05) is 18.2 Å². The van der Waals surface area contributed by atoms with Gasteiger partial charge >= 0.3 is 0 Å². The summed E-state index contributed by atoms with van der Waals surface area (Å²) in [6.45, 7) is 0. The number of carbonyl (C=O) groups is 1. The Kier molecular flexibility index (Phi) is 3.99. The number of rotatable bonds is 4. The third-order valence-corrected chi connectivity index (χ3v) is 3.07. The van der Waals surface area contributed by atoms with Crippen molar-refractivity contribution in [3.05, 3.63) is 62.3 Å². The lowest BCUT2D eigenvalue weighted by molar-refractivity contribution is -0.384. The zero-order valence-corrected chi connectivity index (χ0v) is 10.5. The highest BCUT2D eigenvalue weighted by molar-refractivity contribution is 7.12. The first-order valence-corrected chi connectivity index (χ1v) is 6.16. The van der Waals surface area contributed by atoms with Crippen LogP contribution in [0, 0.1) is 10.1 Å². The summed E-state index contributed by atoms with van der Waals surface area (Å²) in [4.78, 5) is 22.2. The molecule has 0 fully saturated rings. The normalized spacial score (nSPS) is 10.5. The summed E-state index contributed by atoms with van der Waals surface area (Å²) in [6.07, 6.45) is 1.36. The molecular formula is C12H9N3O3S. The monoisotopic (exact) mass is 275 g/mol. The molecule has 0 aliphatic heterocycles. The first-order chi connectivity index (χ1) is 9.16. The van der Waals surface area contributed by atoms with Crippen molar-refractivity contribution < 1.29 is 9.72 Å². The van der Waals surface area contributed by atoms with Gasteiger partial charge in [0.05, 0.1) is 16.0 Å². The lowest BCUT2D eigenvalue weighted by Gasteiger charge is -1.96. The van der Waals surface area contributed by atoms with Gasteiger partial charge in [-0.15, -0.1) is 11.3 Å². The minimum absolute atomic E-state index is 0.0199. The molecule has 1 heterocycles. The largest absolute Gasteiger partial charge is 0.281 e. The van der Waals surface area contributed by atoms with Crippen molar-refractivity contribution in [2.75, 3.05) is 0 Å². The van der Waals surface area contributed by atoms with Crippen LogP contribution in [0.1, 0.15) is 15.2 Å². The maximum Gasteiger partial charge on any atom is 0.281 e. The minimum atomic E-state index is -0.485. The van der Waals surface area contributed by atoms with Gasteiger partial charge < -0.3 is 0 Å². The van der Waals surface area contributed by atoms with Crippen molar-refractivity contribution in [1.29, 1.82) is 0 Å². The predicted molar refractivity (Wildman–Crippen MR) is 72.5 cm³/mol. The quantitative estimate of drug-likeness (QED) is 0.528. The van der Waals surface area contributed by atoms with E-state index in [0.717, 1.165) is 0 Å². The molecule has 19 heavy (non-hydrogen) atoms. The molecule has 0 bridgehead atoms. The summed E-state index contributed by atoms with van der Waals surface area (Å²) in [5.41, 5.74) is 2.88. The molecule has 0 unspecified atom stereocenters. The molecule has 2 rings (SSSR count). The van der Waals surface area contributed by atoms with Crippen LogP contribution in [0.5, 0.6) is 0 Å². The van der Waals surface area contributed by atoms with E-state index in [2.05, 4.69) is 10.5 Å². The van der Waals surface area contributed by atoms with E-state index in [0.29, 0.717) is 10.4 Å². The Labute approximate surface area is 112 Å². The topological polar surface area (TPSA) is 84.6 Å². The van der Waals surface area contributed by atoms with E-state index in [1.165, 1.54) is 29.7 Å². The van der Waals surface area contributed by atoms with Crippen LogP contribution in [-0.2, 0) is 0 Å². The van der Waals surface area contributed by atoms with E-state index in [1.807, 2.05) is 0 Å². The molecule has 0 aliphatic rings. The predicted octanol–water partition coefficient (Wildman–Crippen LogP) is 2.42. The van der Waals surface area contributed by atoms with Crippen LogP contribution in [0.4, 0.5) is 5.69 Å². The van der Waals surface area contributed by atoms with Crippen LogP contribution >= 0.6 is 11.3 Å². The Morgan fingerprint density at radius 2 is 2.21 bits per heavy atom. The molecule has 1 aromatic carbocycles. The number of nitrogens with one attached hydrogen (secondary N) is 1. The smallest absolute Gasteiger partial charge is 0.266 e. The molecule has 0 saturated carbocycles. The van der Waals surface area contributed by atoms with Crippen LogP contribution in [0.25, 0.3) is 0 Å². The molecule has 6 nitrogen and oxygen atoms in total. The van der Waals surface area contributed by atoms with Crippen LogP contribution in [0.2, 0.25) is 0 Å². The maximum absolute atomic E-state index is 11.5. The Morgan fingerprint density at radius 3 is 2.89 bits per heavy atom. The number of hydrogen-bond donors (Lipinski definition) is 1. The Hall–Kier alpha value is -2.54. The van der Waals surface area contributed by atoms with Crippen LogP contribution < -0.4 is 5.43 Å². The minimum Gasteiger partial charge on any atom is -0.266 e. The number of nitro groups is 1. The molecule has 0 spiro atoms. The Bertz CT molecular complexity index is 623. The van der Waals surface area contributed by atoms with Crippen LogP contribution in [0.3, 0.4) is 0 Å². The second kappa shape index (κ2) is 5.87. The molecule has 7 heteroatoms. The highest BCUT2D eigenvalue weighted by atomic mass is 32.1. The second-order valence-corrected chi connectivity index (χ2v) is 4.48. The zero-order chi connectivity index (χ0) is 13.7. The van der Waals surface area contributed by atoms with Gasteiger partial charge in [0.25, 0.3) is 11.6 Å². The molecule has 0 atom stereocenters. The van der Waals surface area contributed by atoms with Crippen molar-refractivity contribution in [1.82, 2.24) is 5.43 Å². The molecule has 2 aromatic rings. The number of hydrogen-bond acceptors (Lipinski definition) is 5. The number of benzene rings is 1. The molecule has 0 radical (unpaired) electrons. The SMILES string of the molecule is O=C(NN=Cc1cccc([N+](=O)[O-])c1)c1cccs1. The molecule has 96 valence electrons. The van der Waals surface area contributed by atoms with Gasteiger partial charge in [0.15, 0.2) is 0 Å². The summed E-state index contributed by atoms with van der Waals surface area (Å²) >= 11 is 1.31. The summed E-state index contributed by atoms with van der Waals surface area (Å²) < 4.78 is 0. The average Bonchev–Trinajstić information content (AvgIpc) is 2.93. The van der Waals surface area contributed by atoms with E-state index in [1.54, 1.807) is 29.6 Å². The van der Waals surface area contributed by atoms with Crippen molar-refractivity contribution in [2.45, 2.75) is 0 Å². The van der Waals surface area contributed by atoms with Gasteiger partial charge in [-0.3, -0.25) is 14.9 Å². The summed E-state index contributed by atoms with van der Waals surface area (Å²) in [5.74, 6) is -0.309. The van der Waals surface area contributed by atoms with Crippen LogP contribution in [0.15, 0.2) is 46.9 Å². The number of non-ortho nitro benzene ring substituents is 1. The Morgan fingerprint density at radius 1 is 1.37 bits per heavy atom. The summed E-state index contributed by atoms with van der Waals surface area (Å²) in [6, 6.07) is 9.43. The number of hydrazone groups is 1. The number of carbonyl (C=O) groups excluding carboxylic acids is 1. The first-order valence-electron chi connectivity index (χ1n) is 5.28. The molecule has 1 amide bonds. The lowest BCUT2D eigenvalue weighted by atomic mass is 10.2. The van der Waals surface area contributed by atoms with Crippen molar-refractivity contribution in [3.8, 4) is 0 Å². The van der Waals surface area contributed by atoms with Gasteiger partial charge in [-0.05, 0) is 11.4 Å². The number of amides is 1. The second-order valence-electron chi connectivity index (χ2n) is 3.53. The molecule has 0 saturated heterocycles. The highest BCUT2D eigenvalue weighted by Gasteiger charge is 2.05. The van der Waals surface area contributed by atoms with Gasteiger partial charge in [0, 0.05) is 17.7 Å². The van der Waals surface area contributed by atoms with Crippen molar-refractivity contribution in [2.24, 2.45) is 5.10 Å². The summed E-state index contributed by atoms with van der Waals surface area (Å²) in [7, 11) is 0. The van der Waals surface area contributed by atoms with E-state index < -0.39 is 4.92 Å². The fraction of sp³-hybridized carbons (Fsp3) is 0. The fourth-order valence-electron chi connectivity index (χ4n) is 1.35. The zero-order valence-electron chi connectivity index (χ0n) is 9.65. The highest BCUT2D eigenvalue weighted by Crippen LogP contribution is 2.11. The summed E-state index contributed by atoms with van der Waals surface area (Å²) in [5, 5.41) is 16.1. The van der Waals surface area contributed by atoms with Crippen molar-refractivity contribution in [3.63, 3.8) is 0 Å². The number of nitro benzene ring substituents is 1. The maximum atomic E-state index is 11.5. The van der Waals surface area contributed by atoms with E-state index in [-0.39, 0.29) is 11.6 Å². The van der Waals surface area contributed by atoms with Gasteiger partial charge in [0.1, 0.15) is 0 Å². The van der Waals surface area contributed by atoms with Gasteiger partial charge in [-0.2, -0.15) is 5.10 Å². The standard InChI is InChI=1S/C12H9N3O3S/c16-12(11-5-2-6-19-11)14-13-8-9-3-1-4-10(7-9)15(17)18/h1-8H,(H,14,16). The van der Waals surface area contributed by atoms with Crippen LogP contribution in [-0.4, -0.2) is 17.0 Å². The number of nitrogens with zero attached hydrogens (tertiary/aromatic N) is 2. The molecule has 1 N–H and O–H groups in total. The molecule has 0 aliphatic carbocycles. The Balaban J connectivity index is 2.01. The lowest BCUT2D eigenvalue weighted by Crippen LogP contribution is -2.16. The third-order valence-electron chi connectivity index (χ3n) is 2.21. The average molecular weight is 275 g/mol. The van der Waals surface area contributed by atoms with Gasteiger partial charge in [-0.25, -0.2) is 5.43 Å². The number of thiophene rings is 1. The fourth-order valence-corrected chi connectivity index (χ4v) is 1.96. The van der Waals surface area contributed by atoms with E-state index >= 15 is 0 Å². The van der Waals surface area contributed by atoms with Gasteiger partial charge in [0.2, 0.25) is 0 Å². The first kappa shape index (κ1) is 12.9. The van der Waals surface area contributed by atoms with E-state index in [9.17, 15) is 14.9 Å². The molecular weight excluding hydrogens is 266 g/mol. The molecule has 1 aromatic heterocycles. The van der Waals surface area contributed by atoms with Crippen molar-refractivity contribution >= 4 is 29.1 Å². The van der Waals surface area contributed by atoms with E-state index in [4.69, 9.17) is 0 Å².